The van der Waals surface area contributed by atoms with Crippen LogP contribution in [0.3, 0.4) is 0 Å². The first-order chi connectivity index (χ1) is 15.3. The molecule has 0 aromatic carbocycles. The summed E-state index contributed by atoms with van der Waals surface area (Å²) in [7, 11) is -4.16. The van der Waals surface area contributed by atoms with E-state index in [0.717, 1.165) is 12.2 Å². The van der Waals surface area contributed by atoms with Gasteiger partial charge in [0.1, 0.15) is 18.2 Å². The molecule has 33 heavy (non-hydrogen) atoms. The third-order valence-corrected chi connectivity index (χ3v) is 3.96. The molecule has 2 aromatic heterocycles. The molecule has 0 aliphatic rings. The number of anilines is 1. The van der Waals surface area contributed by atoms with E-state index >= 15 is 0 Å². The zero-order valence-corrected chi connectivity index (χ0v) is 20.0. The lowest BCUT2D eigenvalue weighted by molar-refractivity contribution is -0.144. The van der Waals surface area contributed by atoms with Gasteiger partial charge in [0.05, 0.1) is 31.2 Å². The molecule has 2 heterocycles. The number of nitrogens with zero attached hydrogens (tertiary/aromatic N) is 4. The molecule has 0 spiro atoms. The maximum absolute atomic E-state index is 10.9. The van der Waals surface area contributed by atoms with E-state index in [0.29, 0.717) is 17.7 Å². The van der Waals surface area contributed by atoms with Crippen molar-refractivity contribution in [3.8, 4) is 0 Å². The lowest BCUT2D eigenvalue weighted by atomic mass is 10.4. The van der Waals surface area contributed by atoms with Crippen molar-refractivity contribution in [2.24, 2.45) is 0 Å². The molecule has 14 heteroatoms. The SMILES string of the molecule is CC(C)OC(=O)/C=C/C(=O)OC(C)C.C[C@H](Cn1cnc2c(N)ncnc21)OCP(=O)(O)O. The minimum atomic E-state index is -4.16. The Balaban J connectivity index is 0.000000349. The quantitative estimate of drug-likeness (QED) is 0.262. The molecule has 0 saturated heterocycles. The molecule has 0 fully saturated rings. The van der Waals surface area contributed by atoms with E-state index in [2.05, 4.69) is 15.0 Å². The van der Waals surface area contributed by atoms with Gasteiger partial charge in [-0.2, -0.15) is 0 Å². The molecule has 0 aliphatic heterocycles. The second-order valence-electron chi connectivity index (χ2n) is 7.40. The number of carbonyl (C=O) groups excluding carboxylic acids is 2. The highest BCUT2D eigenvalue weighted by molar-refractivity contribution is 7.51. The van der Waals surface area contributed by atoms with Crippen LogP contribution in [-0.2, 0) is 34.9 Å². The second-order valence-corrected chi connectivity index (χ2v) is 8.99. The van der Waals surface area contributed by atoms with E-state index in [1.807, 2.05) is 0 Å². The third kappa shape index (κ3) is 11.5. The standard InChI is InChI=1S/C10H16O4.C9H14N5O4P/c1-7(2)13-9(11)5-6-10(12)14-8(3)4;1-6(18-5-19(15,16)17)2-14-4-13-7-8(10)11-3-12-9(7)14/h5-8H,1-4H3;3-4,6H,2,5H2,1H3,(H2,10,11,12)(H2,15,16,17)/b6-5+;/t;6-/m.1/s1. The van der Waals surface area contributed by atoms with Crippen molar-refractivity contribution in [2.75, 3.05) is 12.1 Å². The number of nitrogen functional groups attached to an aromatic ring is 1. The number of imidazole rings is 1. The number of nitrogens with two attached hydrogens (primary N) is 1. The van der Waals surface area contributed by atoms with Crippen molar-refractivity contribution in [1.29, 1.82) is 0 Å². The van der Waals surface area contributed by atoms with E-state index in [4.69, 9.17) is 29.7 Å². The Labute approximate surface area is 191 Å². The molecule has 0 unspecified atom stereocenters. The highest BCUT2D eigenvalue weighted by Crippen LogP contribution is 2.34. The van der Waals surface area contributed by atoms with Crippen LogP contribution in [0.25, 0.3) is 11.2 Å². The average molecular weight is 487 g/mol. The number of aromatic nitrogens is 4. The van der Waals surface area contributed by atoms with Crippen molar-refractivity contribution in [2.45, 2.75) is 59.5 Å². The zero-order chi connectivity index (χ0) is 25.2. The Bertz CT molecular complexity index is 977. The van der Waals surface area contributed by atoms with Crippen LogP contribution < -0.4 is 5.73 Å². The number of esters is 2. The van der Waals surface area contributed by atoms with Crippen molar-refractivity contribution in [1.82, 2.24) is 19.5 Å². The van der Waals surface area contributed by atoms with E-state index in [1.165, 1.54) is 12.7 Å². The van der Waals surface area contributed by atoms with Crippen LogP contribution in [0.2, 0.25) is 0 Å². The fraction of sp³-hybridized carbons (Fsp3) is 0.526. The highest BCUT2D eigenvalue weighted by atomic mass is 31.2. The summed E-state index contributed by atoms with van der Waals surface area (Å²) in [6, 6.07) is 0. The maximum atomic E-state index is 10.9. The van der Waals surface area contributed by atoms with Crippen LogP contribution >= 0.6 is 7.60 Å². The summed E-state index contributed by atoms with van der Waals surface area (Å²) in [5.41, 5.74) is 6.70. The van der Waals surface area contributed by atoms with Gasteiger partial charge in [-0.25, -0.2) is 24.5 Å². The fourth-order valence-corrected chi connectivity index (χ4v) is 2.71. The van der Waals surface area contributed by atoms with Gasteiger partial charge < -0.3 is 34.3 Å². The molecule has 0 saturated carbocycles. The van der Waals surface area contributed by atoms with E-state index in [1.54, 1.807) is 39.2 Å². The smallest absolute Gasteiger partial charge is 0.350 e. The molecule has 0 aliphatic carbocycles. The molecular weight excluding hydrogens is 457 g/mol. The van der Waals surface area contributed by atoms with E-state index in [-0.39, 0.29) is 18.0 Å². The Morgan fingerprint density at radius 3 is 2.09 bits per heavy atom. The minimum absolute atomic E-state index is 0.187. The number of hydrogen-bond donors (Lipinski definition) is 3. The first-order valence-electron chi connectivity index (χ1n) is 9.95. The summed E-state index contributed by atoms with van der Waals surface area (Å²) < 4.78 is 27.0. The van der Waals surface area contributed by atoms with Crippen LogP contribution in [0.4, 0.5) is 5.82 Å². The Morgan fingerprint density at radius 1 is 1.06 bits per heavy atom. The zero-order valence-electron chi connectivity index (χ0n) is 19.1. The Morgan fingerprint density at radius 2 is 1.61 bits per heavy atom. The van der Waals surface area contributed by atoms with Gasteiger partial charge >= 0.3 is 19.5 Å². The number of ether oxygens (including phenoxy) is 3. The monoisotopic (exact) mass is 487 g/mol. The Hall–Kier alpha value is -2.86. The summed E-state index contributed by atoms with van der Waals surface area (Å²) >= 11 is 0. The molecule has 0 radical (unpaired) electrons. The lowest BCUT2D eigenvalue weighted by Gasteiger charge is -2.14. The number of rotatable bonds is 9. The normalized spacial score (nSPS) is 12.6. The largest absolute Gasteiger partial charge is 0.460 e. The van der Waals surface area contributed by atoms with Gasteiger partial charge in [0, 0.05) is 12.2 Å². The van der Waals surface area contributed by atoms with E-state index < -0.39 is 32.0 Å². The van der Waals surface area contributed by atoms with Crippen molar-refractivity contribution in [3.05, 3.63) is 24.8 Å². The van der Waals surface area contributed by atoms with Gasteiger partial charge in [0.25, 0.3) is 0 Å². The fourth-order valence-electron chi connectivity index (χ4n) is 2.27. The topological polar surface area (TPSA) is 189 Å². The summed E-state index contributed by atoms with van der Waals surface area (Å²) in [4.78, 5) is 51.3. The first kappa shape index (κ1) is 28.2. The summed E-state index contributed by atoms with van der Waals surface area (Å²) in [6.07, 6.45) is 3.60. The summed E-state index contributed by atoms with van der Waals surface area (Å²) in [6.45, 7) is 8.99. The highest BCUT2D eigenvalue weighted by Gasteiger charge is 2.17. The van der Waals surface area contributed by atoms with Crippen LogP contribution in [0, 0.1) is 0 Å². The van der Waals surface area contributed by atoms with Crippen molar-refractivity contribution in [3.63, 3.8) is 0 Å². The molecule has 0 bridgehead atoms. The molecule has 1 atom stereocenters. The van der Waals surface area contributed by atoms with Gasteiger partial charge in [-0.05, 0) is 34.6 Å². The Kier molecular flexibility index (Phi) is 11.1. The summed E-state index contributed by atoms with van der Waals surface area (Å²) in [5.74, 6) is -0.797. The summed E-state index contributed by atoms with van der Waals surface area (Å²) in [5, 5.41) is 0. The van der Waals surface area contributed by atoms with Gasteiger partial charge in [-0.3, -0.25) is 4.57 Å². The molecule has 2 rings (SSSR count). The molecule has 184 valence electrons. The van der Waals surface area contributed by atoms with Gasteiger partial charge in [0.2, 0.25) is 0 Å². The van der Waals surface area contributed by atoms with Gasteiger partial charge in [0.15, 0.2) is 11.5 Å². The van der Waals surface area contributed by atoms with Crippen molar-refractivity contribution < 1.29 is 38.2 Å². The third-order valence-electron chi connectivity index (χ3n) is 3.47. The second kappa shape index (κ2) is 13.0. The molecular formula is C19H30N5O8P. The van der Waals surface area contributed by atoms with Crippen LogP contribution in [0.15, 0.2) is 24.8 Å². The predicted octanol–water partition coefficient (Wildman–Crippen LogP) is 1.39. The van der Waals surface area contributed by atoms with Crippen LogP contribution in [0.1, 0.15) is 34.6 Å². The molecule has 0 amide bonds. The lowest BCUT2D eigenvalue weighted by Crippen LogP contribution is -2.17. The van der Waals surface area contributed by atoms with E-state index in [9.17, 15) is 14.2 Å². The number of fused-ring (bicyclic) bond motifs is 1. The van der Waals surface area contributed by atoms with Crippen molar-refractivity contribution >= 4 is 36.5 Å². The first-order valence-corrected chi connectivity index (χ1v) is 11.7. The molecule has 2 aromatic rings. The molecule has 4 N–H and O–H groups in total. The maximum Gasteiger partial charge on any atom is 0.350 e. The van der Waals surface area contributed by atoms with Gasteiger partial charge in [-0.1, -0.05) is 0 Å². The molecule has 13 nitrogen and oxygen atoms in total. The van der Waals surface area contributed by atoms with Gasteiger partial charge in [-0.15, -0.1) is 0 Å². The minimum Gasteiger partial charge on any atom is -0.460 e. The van der Waals surface area contributed by atoms with Crippen LogP contribution in [-0.4, -0.2) is 65.9 Å². The number of hydrogen-bond acceptors (Lipinski definition) is 10. The van der Waals surface area contributed by atoms with Crippen LogP contribution in [0.5, 0.6) is 0 Å². The number of carbonyl (C=O) groups is 2. The predicted molar refractivity (Wildman–Crippen MR) is 119 cm³/mol. The average Bonchev–Trinajstić information content (AvgIpc) is 3.08.